The normalized spacial score (nSPS) is 10.5. The van der Waals surface area contributed by atoms with Crippen molar-refractivity contribution in [1.82, 2.24) is 9.80 Å². The van der Waals surface area contributed by atoms with E-state index < -0.39 is 5.97 Å². The fraction of sp³-hybridized carbons (Fsp3) is 0.412. The van der Waals surface area contributed by atoms with Gasteiger partial charge < -0.3 is 14.9 Å². The maximum Gasteiger partial charge on any atom is 0.323 e. The number of carboxylic acid groups (broad SMARTS) is 1. The van der Waals surface area contributed by atoms with Gasteiger partial charge in [-0.2, -0.15) is 0 Å². The van der Waals surface area contributed by atoms with Gasteiger partial charge in [0, 0.05) is 16.3 Å². The second kappa shape index (κ2) is 9.44. The van der Waals surface area contributed by atoms with Crippen molar-refractivity contribution >= 4 is 34.7 Å². The molecular formula is C17H22N2O3S2. The lowest BCUT2D eigenvalue weighted by Gasteiger charge is -2.29. The first kappa shape index (κ1) is 18.5. The fourth-order valence-corrected chi connectivity index (χ4v) is 3.77. The van der Waals surface area contributed by atoms with Crippen LogP contribution in [0.3, 0.4) is 0 Å². The minimum Gasteiger partial charge on any atom is -0.480 e. The average molecular weight is 367 g/mol. The van der Waals surface area contributed by atoms with Crippen LogP contribution in [-0.4, -0.2) is 40.0 Å². The third kappa shape index (κ3) is 5.65. The molecule has 0 aliphatic rings. The van der Waals surface area contributed by atoms with E-state index in [1.165, 1.54) is 4.90 Å². The van der Waals surface area contributed by atoms with Gasteiger partial charge in [0.05, 0.1) is 13.1 Å². The van der Waals surface area contributed by atoms with Gasteiger partial charge in [0.25, 0.3) is 0 Å². The van der Waals surface area contributed by atoms with Gasteiger partial charge in [-0.05, 0) is 29.3 Å². The highest BCUT2D eigenvalue weighted by molar-refractivity contribution is 7.10. The number of hydrogen-bond donors (Lipinski definition) is 1. The Hall–Kier alpha value is -1.86. The van der Waals surface area contributed by atoms with Crippen LogP contribution in [0, 0.1) is 0 Å². The Morgan fingerprint density at radius 3 is 2.04 bits per heavy atom. The van der Waals surface area contributed by atoms with Crippen LogP contribution in [0.25, 0.3) is 0 Å². The van der Waals surface area contributed by atoms with E-state index in [1.54, 1.807) is 27.6 Å². The topological polar surface area (TPSA) is 60.9 Å². The number of carbonyl (C=O) groups is 2. The molecule has 2 amide bonds. The van der Waals surface area contributed by atoms with Gasteiger partial charge in [-0.15, -0.1) is 22.7 Å². The van der Waals surface area contributed by atoms with E-state index >= 15 is 0 Å². The molecule has 0 atom stereocenters. The maximum absolute atomic E-state index is 12.9. The van der Waals surface area contributed by atoms with Gasteiger partial charge in [0.1, 0.15) is 6.54 Å². The van der Waals surface area contributed by atoms with Crippen molar-refractivity contribution in [3.63, 3.8) is 0 Å². The second-order valence-electron chi connectivity index (χ2n) is 5.47. The van der Waals surface area contributed by atoms with Crippen LogP contribution in [-0.2, 0) is 17.9 Å². The molecular weight excluding hydrogens is 344 g/mol. The van der Waals surface area contributed by atoms with Crippen molar-refractivity contribution in [2.45, 2.75) is 32.9 Å². The number of amides is 2. The Kier molecular flexibility index (Phi) is 7.27. The fourth-order valence-electron chi connectivity index (χ4n) is 2.33. The minimum atomic E-state index is -0.980. The molecule has 0 bridgehead atoms. The van der Waals surface area contributed by atoms with Crippen LogP contribution >= 0.6 is 22.7 Å². The van der Waals surface area contributed by atoms with Crippen LogP contribution in [0.1, 0.15) is 29.5 Å². The molecule has 0 radical (unpaired) electrons. The number of aliphatic carboxylic acids is 1. The summed E-state index contributed by atoms with van der Waals surface area (Å²) in [6.07, 6.45) is 1.71. The number of carboxylic acids is 1. The molecule has 0 aliphatic carbocycles. The molecule has 0 spiro atoms. The van der Waals surface area contributed by atoms with Gasteiger partial charge >= 0.3 is 12.0 Å². The summed E-state index contributed by atoms with van der Waals surface area (Å²) in [5.41, 5.74) is 0. The van der Waals surface area contributed by atoms with Crippen LogP contribution in [0.2, 0.25) is 0 Å². The molecule has 2 rings (SSSR count). The smallest absolute Gasteiger partial charge is 0.323 e. The van der Waals surface area contributed by atoms with Crippen LogP contribution in [0.5, 0.6) is 0 Å². The molecule has 0 fully saturated rings. The minimum absolute atomic E-state index is 0.215. The van der Waals surface area contributed by atoms with Crippen LogP contribution in [0.4, 0.5) is 4.79 Å². The number of thiophene rings is 2. The molecule has 7 heteroatoms. The summed E-state index contributed by atoms with van der Waals surface area (Å²) in [6, 6.07) is 7.69. The monoisotopic (exact) mass is 366 g/mol. The van der Waals surface area contributed by atoms with Gasteiger partial charge in [0.2, 0.25) is 0 Å². The summed E-state index contributed by atoms with van der Waals surface area (Å²) >= 11 is 3.20. The molecule has 0 unspecified atom stereocenters. The predicted octanol–water partition coefficient (Wildman–Crippen LogP) is 4.12. The average Bonchev–Trinajstić information content (AvgIpc) is 3.23. The van der Waals surface area contributed by atoms with Crippen molar-refractivity contribution in [3.8, 4) is 0 Å². The van der Waals surface area contributed by atoms with Gasteiger partial charge in [0.15, 0.2) is 0 Å². The first-order valence-corrected chi connectivity index (χ1v) is 9.66. The van der Waals surface area contributed by atoms with E-state index in [0.29, 0.717) is 19.6 Å². The third-order valence-corrected chi connectivity index (χ3v) is 5.22. The highest BCUT2D eigenvalue weighted by Crippen LogP contribution is 2.19. The quantitative estimate of drug-likeness (QED) is 0.726. The third-order valence-electron chi connectivity index (χ3n) is 3.50. The van der Waals surface area contributed by atoms with Gasteiger partial charge in [-0.3, -0.25) is 4.79 Å². The van der Waals surface area contributed by atoms with E-state index in [4.69, 9.17) is 5.11 Å². The van der Waals surface area contributed by atoms with Crippen molar-refractivity contribution < 1.29 is 14.7 Å². The Morgan fingerprint density at radius 2 is 1.62 bits per heavy atom. The zero-order valence-corrected chi connectivity index (χ0v) is 15.3. The van der Waals surface area contributed by atoms with Crippen molar-refractivity contribution in [1.29, 1.82) is 0 Å². The largest absolute Gasteiger partial charge is 0.480 e. The number of unbranched alkanes of at least 4 members (excludes halogenated alkanes) is 1. The SMILES string of the molecule is CCCCN(CC(=O)O)C(=O)N(Cc1cccs1)Cc1cccs1. The summed E-state index contributed by atoms with van der Waals surface area (Å²) in [5.74, 6) is -0.980. The van der Waals surface area contributed by atoms with Crippen molar-refractivity contribution in [2.24, 2.45) is 0 Å². The molecule has 24 heavy (non-hydrogen) atoms. The van der Waals surface area contributed by atoms with Gasteiger partial charge in [-0.1, -0.05) is 25.5 Å². The molecule has 0 saturated carbocycles. The van der Waals surface area contributed by atoms with Crippen LogP contribution < -0.4 is 0 Å². The molecule has 0 aromatic carbocycles. The summed E-state index contributed by atoms with van der Waals surface area (Å²) in [7, 11) is 0. The lowest BCUT2D eigenvalue weighted by atomic mass is 10.3. The second-order valence-corrected chi connectivity index (χ2v) is 7.53. The maximum atomic E-state index is 12.9. The Labute approximate surface area is 150 Å². The molecule has 1 N–H and O–H groups in total. The lowest BCUT2D eigenvalue weighted by Crippen LogP contribution is -2.45. The van der Waals surface area contributed by atoms with Gasteiger partial charge in [-0.25, -0.2) is 4.79 Å². The summed E-state index contributed by atoms with van der Waals surface area (Å²) in [4.78, 5) is 29.4. The molecule has 5 nitrogen and oxygen atoms in total. The van der Waals surface area contributed by atoms with E-state index in [2.05, 4.69) is 0 Å². The Bertz CT molecular complexity index is 590. The number of nitrogens with zero attached hydrogens (tertiary/aromatic N) is 2. The molecule has 2 aromatic heterocycles. The van der Waals surface area contributed by atoms with E-state index in [-0.39, 0.29) is 12.6 Å². The number of rotatable bonds is 9. The standard InChI is InChI=1S/C17H22N2O3S2/c1-2-3-8-18(13-16(20)21)17(22)19(11-14-6-4-9-23-14)12-15-7-5-10-24-15/h4-7,9-10H,2-3,8,11-13H2,1H3,(H,20,21). The number of carbonyl (C=O) groups excluding carboxylic acids is 1. The highest BCUT2D eigenvalue weighted by Gasteiger charge is 2.23. The zero-order valence-electron chi connectivity index (χ0n) is 13.7. The van der Waals surface area contributed by atoms with E-state index in [1.807, 2.05) is 41.9 Å². The number of hydrogen-bond acceptors (Lipinski definition) is 4. The van der Waals surface area contributed by atoms with Crippen molar-refractivity contribution in [2.75, 3.05) is 13.1 Å². The van der Waals surface area contributed by atoms with Crippen molar-refractivity contribution in [3.05, 3.63) is 44.8 Å². The molecule has 2 heterocycles. The van der Waals surface area contributed by atoms with Crippen LogP contribution in [0.15, 0.2) is 35.0 Å². The molecule has 2 aromatic rings. The molecule has 130 valence electrons. The Balaban J connectivity index is 2.14. The summed E-state index contributed by atoms with van der Waals surface area (Å²) in [6.45, 7) is 3.23. The van der Waals surface area contributed by atoms with E-state index in [9.17, 15) is 9.59 Å². The Morgan fingerprint density at radius 1 is 1.04 bits per heavy atom. The first-order chi connectivity index (χ1) is 11.6. The van der Waals surface area contributed by atoms with E-state index in [0.717, 1.165) is 22.6 Å². The zero-order chi connectivity index (χ0) is 17.4. The molecule has 0 saturated heterocycles. The summed E-state index contributed by atoms with van der Waals surface area (Å²) < 4.78 is 0. The lowest BCUT2D eigenvalue weighted by molar-refractivity contribution is -0.137. The first-order valence-electron chi connectivity index (χ1n) is 7.90. The predicted molar refractivity (Wildman–Crippen MR) is 97.4 cm³/mol. The summed E-state index contributed by atoms with van der Waals surface area (Å²) in [5, 5.41) is 13.1. The number of urea groups is 1. The highest BCUT2D eigenvalue weighted by atomic mass is 32.1. The molecule has 0 aliphatic heterocycles.